The minimum absolute atomic E-state index is 0.354. The van der Waals surface area contributed by atoms with Crippen LogP contribution in [0.4, 0.5) is 0 Å². The van der Waals surface area contributed by atoms with Crippen LogP contribution in [0.1, 0.15) is 91.4 Å². The SMILES string of the molecule is CCCCCCCCCCCCOCCCOC(=O)C(C)(C)N. The Morgan fingerprint density at radius 2 is 1.26 bits per heavy atom. The van der Waals surface area contributed by atoms with Crippen molar-refractivity contribution in [2.24, 2.45) is 5.73 Å². The topological polar surface area (TPSA) is 61.5 Å². The lowest BCUT2D eigenvalue weighted by Gasteiger charge is -2.16. The molecule has 4 heteroatoms. The largest absolute Gasteiger partial charge is 0.464 e. The first-order chi connectivity index (χ1) is 11.0. The molecule has 23 heavy (non-hydrogen) atoms. The molecule has 0 aromatic carbocycles. The van der Waals surface area contributed by atoms with E-state index < -0.39 is 5.54 Å². The Bertz CT molecular complexity index is 274. The van der Waals surface area contributed by atoms with Gasteiger partial charge in [0.15, 0.2) is 0 Å². The first-order valence-electron chi connectivity index (χ1n) is 9.52. The molecule has 0 aromatic heterocycles. The maximum atomic E-state index is 11.4. The van der Waals surface area contributed by atoms with Crippen molar-refractivity contribution in [2.45, 2.75) is 96.9 Å². The van der Waals surface area contributed by atoms with Gasteiger partial charge in [0.1, 0.15) is 5.54 Å². The number of esters is 1. The molecule has 0 rings (SSSR count). The molecule has 0 radical (unpaired) electrons. The number of ether oxygens (including phenoxy) is 2. The lowest BCUT2D eigenvalue weighted by molar-refractivity contribution is -0.149. The summed E-state index contributed by atoms with van der Waals surface area (Å²) in [6, 6.07) is 0. The Hall–Kier alpha value is -0.610. The summed E-state index contributed by atoms with van der Waals surface area (Å²) in [4.78, 5) is 11.4. The highest BCUT2D eigenvalue weighted by Gasteiger charge is 2.23. The van der Waals surface area contributed by atoms with Gasteiger partial charge in [0.2, 0.25) is 0 Å². The summed E-state index contributed by atoms with van der Waals surface area (Å²) in [5.41, 5.74) is 4.73. The number of carbonyl (C=O) groups is 1. The van der Waals surface area contributed by atoms with E-state index in [2.05, 4.69) is 6.92 Å². The Kier molecular flexibility index (Phi) is 14.6. The van der Waals surface area contributed by atoms with E-state index in [-0.39, 0.29) is 5.97 Å². The molecule has 0 aliphatic carbocycles. The molecule has 0 heterocycles. The summed E-state index contributed by atoms with van der Waals surface area (Å²) < 4.78 is 10.6. The van der Waals surface area contributed by atoms with Crippen LogP contribution in [0.5, 0.6) is 0 Å². The molecular formula is C19H39NO3. The van der Waals surface area contributed by atoms with Gasteiger partial charge >= 0.3 is 5.97 Å². The Morgan fingerprint density at radius 1 is 0.783 bits per heavy atom. The normalized spacial score (nSPS) is 11.7. The van der Waals surface area contributed by atoms with Gasteiger partial charge in [-0.15, -0.1) is 0 Å². The summed E-state index contributed by atoms with van der Waals surface area (Å²) in [7, 11) is 0. The van der Waals surface area contributed by atoms with Gasteiger partial charge in [-0.3, -0.25) is 4.79 Å². The Morgan fingerprint density at radius 3 is 1.78 bits per heavy atom. The fourth-order valence-electron chi connectivity index (χ4n) is 2.31. The highest BCUT2D eigenvalue weighted by atomic mass is 16.5. The Labute approximate surface area is 143 Å². The molecule has 0 aromatic rings. The van der Waals surface area contributed by atoms with Gasteiger partial charge in [-0.1, -0.05) is 64.7 Å². The van der Waals surface area contributed by atoms with Crippen molar-refractivity contribution in [1.29, 1.82) is 0 Å². The lowest BCUT2D eigenvalue weighted by Crippen LogP contribution is -2.43. The third kappa shape index (κ3) is 16.0. The zero-order valence-corrected chi connectivity index (χ0v) is 15.7. The van der Waals surface area contributed by atoms with E-state index in [9.17, 15) is 4.79 Å². The molecule has 0 amide bonds. The third-order valence-electron chi connectivity index (χ3n) is 3.83. The molecule has 0 saturated carbocycles. The van der Waals surface area contributed by atoms with Crippen LogP contribution in [-0.4, -0.2) is 31.3 Å². The highest BCUT2D eigenvalue weighted by molar-refractivity contribution is 5.79. The molecule has 0 fully saturated rings. The van der Waals surface area contributed by atoms with Crippen LogP contribution in [0.25, 0.3) is 0 Å². The van der Waals surface area contributed by atoms with Gasteiger partial charge < -0.3 is 15.2 Å². The molecule has 0 spiro atoms. The van der Waals surface area contributed by atoms with Crippen molar-refractivity contribution >= 4 is 5.97 Å². The van der Waals surface area contributed by atoms with Gasteiger partial charge in [0, 0.05) is 19.6 Å². The maximum Gasteiger partial charge on any atom is 0.325 e. The van der Waals surface area contributed by atoms with Crippen LogP contribution in [0.2, 0.25) is 0 Å². The zero-order valence-electron chi connectivity index (χ0n) is 15.7. The van der Waals surface area contributed by atoms with Crippen LogP contribution in [-0.2, 0) is 14.3 Å². The molecule has 4 nitrogen and oxygen atoms in total. The summed E-state index contributed by atoms with van der Waals surface area (Å²) >= 11 is 0. The van der Waals surface area contributed by atoms with Crippen LogP contribution in [0.15, 0.2) is 0 Å². The second-order valence-electron chi connectivity index (χ2n) is 7.01. The van der Waals surface area contributed by atoms with Gasteiger partial charge in [-0.25, -0.2) is 0 Å². The number of hydrogen-bond acceptors (Lipinski definition) is 4. The van der Waals surface area contributed by atoms with Crippen molar-refractivity contribution in [3.8, 4) is 0 Å². The van der Waals surface area contributed by atoms with Crippen LogP contribution < -0.4 is 5.73 Å². The zero-order chi connectivity index (χ0) is 17.4. The van der Waals surface area contributed by atoms with Gasteiger partial charge in [0.05, 0.1) is 6.61 Å². The first kappa shape index (κ1) is 22.4. The van der Waals surface area contributed by atoms with E-state index in [1.807, 2.05) is 0 Å². The molecule has 0 aliphatic heterocycles. The van der Waals surface area contributed by atoms with Crippen molar-refractivity contribution in [1.82, 2.24) is 0 Å². The molecule has 0 saturated heterocycles. The van der Waals surface area contributed by atoms with Gasteiger partial charge in [-0.2, -0.15) is 0 Å². The summed E-state index contributed by atoms with van der Waals surface area (Å²) in [5, 5.41) is 0. The number of rotatable bonds is 16. The van der Waals surface area contributed by atoms with E-state index in [4.69, 9.17) is 15.2 Å². The van der Waals surface area contributed by atoms with Crippen molar-refractivity contribution in [3.63, 3.8) is 0 Å². The fourth-order valence-corrected chi connectivity index (χ4v) is 2.31. The summed E-state index contributed by atoms with van der Waals surface area (Å²) in [6.45, 7) is 7.41. The lowest BCUT2D eigenvalue weighted by atomic mass is 10.1. The molecule has 0 bridgehead atoms. The Balaban J connectivity index is 3.12. The van der Waals surface area contributed by atoms with E-state index in [0.29, 0.717) is 13.2 Å². The van der Waals surface area contributed by atoms with E-state index in [1.165, 1.54) is 57.8 Å². The minimum atomic E-state index is -0.906. The first-order valence-corrected chi connectivity index (χ1v) is 9.52. The molecule has 138 valence electrons. The monoisotopic (exact) mass is 329 g/mol. The maximum absolute atomic E-state index is 11.4. The highest BCUT2D eigenvalue weighted by Crippen LogP contribution is 2.10. The summed E-state index contributed by atoms with van der Waals surface area (Å²) in [6.07, 6.45) is 14.1. The predicted octanol–water partition coefficient (Wildman–Crippen LogP) is 4.59. The summed E-state index contributed by atoms with van der Waals surface area (Å²) in [5.74, 6) is -0.354. The quantitative estimate of drug-likeness (QED) is 0.332. The second kappa shape index (κ2) is 14.9. The standard InChI is InChI=1S/C19H39NO3/c1-4-5-6-7-8-9-10-11-12-13-15-22-16-14-17-23-18(21)19(2,3)20/h4-17,20H2,1-3H3. The van der Waals surface area contributed by atoms with Crippen LogP contribution >= 0.6 is 0 Å². The molecule has 0 unspecified atom stereocenters. The van der Waals surface area contributed by atoms with Crippen LogP contribution in [0, 0.1) is 0 Å². The van der Waals surface area contributed by atoms with E-state index in [0.717, 1.165) is 19.4 Å². The fraction of sp³-hybridized carbons (Fsp3) is 0.947. The number of hydrogen-bond donors (Lipinski definition) is 1. The second-order valence-corrected chi connectivity index (χ2v) is 7.01. The number of carbonyl (C=O) groups excluding carboxylic acids is 1. The predicted molar refractivity (Wildman–Crippen MR) is 96.5 cm³/mol. The molecule has 2 N–H and O–H groups in total. The molecule has 0 aliphatic rings. The average Bonchev–Trinajstić information content (AvgIpc) is 2.50. The third-order valence-corrected chi connectivity index (χ3v) is 3.83. The molecule has 0 atom stereocenters. The number of unbranched alkanes of at least 4 members (excludes halogenated alkanes) is 9. The smallest absolute Gasteiger partial charge is 0.325 e. The van der Waals surface area contributed by atoms with Gasteiger partial charge in [-0.05, 0) is 20.3 Å². The minimum Gasteiger partial charge on any atom is -0.464 e. The van der Waals surface area contributed by atoms with Gasteiger partial charge in [0.25, 0.3) is 0 Å². The van der Waals surface area contributed by atoms with E-state index in [1.54, 1.807) is 13.8 Å². The average molecular weight is 330 g/mol. The molecular weight excluding hydrogens is 290 g/mol. The van der Waals surface area contributed by atoms with Crippen LogP contribution in [0.3, 0.4) is 0 Å². The van der Waals surface area contributed by atoms with Crippen molar-refractivity contribution in [3.05, 3.63) is 0 Å². The van der Waals surface area contributed by atoms with Crippen molar-refractivity contribution < 1.29 is 14.3 Å². The number of nitrogens with two attached hydrogens (primary N) is 1. The van der Waals surface area contributed by atoms with Crippen molar-refractivity contribution in [2.75, 3.05) is 19.8 Å². The van der Waals surface area contributed by atoms with E-state index >= 15 is 0 Å².